The zero-order chi connectivity index (χ0) is 19.4. The Hall–Kier alpha value is -3.22. The molecule has 1 amide bonds. The first-order valence-electron chi connectivity index (χ1n) is 8.98. The number of hydrogen-bond acceptors (Lipinski definition) is 5. The number of hydrogen-bond donors (Lipinski definition) is 1. The predicted molar refractivity (Wildman–Crippen MR) is 107 cm³/mol. The van der Waals surface area contributed by atoms with E-state index in [4.69, 9.17) is 0 Å². The minimum absolute atomic E-state index is 0.189. The summed E-state index contributed by atoms with van der Waals surface area (Å²) in [5.74, 6) is -0.328. The molecule has 0 aliphatic rings. The van der Waals surface area contributed by atoms with Crippen LogP contribution in [0.5, 0.6) is 0 Å². The highest BCUT2D eigenvalue weighted by molar-refractivity contribution is 5.90. The average Bonchev–Trinajstić information content (AvgIpc) is 2.66. The number of anilines is 2. The molecule has 0 saturated carbocycles. The van der Waals surface area contributed by atoms with E-state index in [0.717, 1.165) is 16.9 Å². The quantitative estimate of drug-likeness (QED) is 0.726. The molecule has 2 aromatic carbocycles. The summed E-state index contributed by atoms with van der Waals surface area (Å²) < 4.78 is 1.07. The standard InChI is InChI=1S/C20H23N5O2/c1-4-24(14(2)3)16-11-9-15(10-12-16)21-19(26)13-25-20(27)17-7-5-6-8-18(17)22-23-25/h5-12,14H,4,13H2,1-3H3,(H,21,26). The van der Waals surface area contributed by atoms with Gasteiger partial charge in [-0.15, -0.1) is 5.10 Å². The number of fused-ring (bicyclic) bond motifs is 1. The van der Waals surface area contributed by atoms with Gasteiger partial charge in [0.15, 0.2) is 0 Å². The SMILES string of the molecule is CCN(c1ccc(NC(=O)Cn2nnc3ccccc3c2=O)cc1)C(C)C. The average molecular weight is 365 g/mol. The van der Waals surface area contributed by atoms with Crippen molar-refractivity contribution in [2.75, 3.05) is 16.8 Å². The monoisotopic (exact) mass is 365 g/mol. The lowest BCUT2D eigenvalue weighted by molar-refractivity contribution is -0.117. The molecule has 1 aromatic heterocycles. The summed E-state index contributed by atoms with van der Waals surface area (Å²) in [7, 11) is 0. The van der Waals surface area contributed by atoms with Crippen LogP contribution in [0.3, 0.4) is 0 Å². The molecule has 0 spiro atoms. The van der Waals surface area contributed by atoms with Gasteiger partial charge < -0.3 is 10.2 Å². The van der Waals surface area contributed by atoms with Gasteiger partial charge in [-0.05, 0) is 57.2 Å². The summed E-state index contributed by atoms with van der Waals surface area (Å²) in [6.45, 7) is 7.11. The van der Waals surface area contributed by atoms with Crippen molar-refractivity contribution in [1.82, 2.24) is 15.0 Å². The van der Waals surface area contributed by atoms with Crippen LogP contribution in [0, 0.1) is 0 Å². The van der Waals surface area contributed by atoms with Crippen LogP contribution in [0.4, 0.5) is 11.4 Å². The van der Waals surface area contributed by atoms with Crippen molar-refractivity contribution >= 4 is 28.2 Å². The van der Waals surface area contributed by atoms with Crippen LogP contribution in [0.2, 0.25) is 0 Å². The fourth-order valence-corrected chi connectivity index (χ4v) is 3.05. The number of nitrogens with zero attached hydrogens (tertiary/aromatic N) is 4. The lowest BCUT2D eigenvalue weighted by Crippen LogP contribution is -2.31. The second-order valence-electron chi connectivity index (χ2n) is 6.54. The molecule has 0 aliphatic carbocycles. The Morgan fingerprint density at radius 1 is 1.15 bits per heavy atom. The molecule has 1 heterocycles. The largest absolute Gasteiger partial charge is 0.369 e. The highest BCUT2D eigenvalue weighted by Gasteiger charge is 2.11. The van der Waals surface area contributed by atoms with Gasteiger partial charge in [0, 0.05) is 24.0 Å². The van der Waals surface area contributed by atoms with E-state index in [9.17, 15) is 9.59 Å². The molecular weight excluding hydrogens is 342 g/mol. The van der Waals surface area contributed by atoms with Crippen molar-refractivity contribution in [1.29, 1.82) is 0 Å². The van der Waals surface area contributed by atoms with Crippen molar-refractivity contribution in [2.45, 2.75) is 33.4 Å². The van der Waals surface area contributed by atoms with E-state index in [1.807, 2.05) is 24.3 Å². The lowest BCUT2D eigenvalue weighted by Gasteiger charge is -2.27. The van der Waals surface area contributed by atoms with Gasteiger partial charge in [-0.1, -0.05) is 17.3 Å². The number of benzene rings is 2. The van der Waals surface area contributed by atoms with Crippen molar-refractivity contribution in [3.05, 3.63) is 58.9 Å². The number of rotatable bonds is 6. The Balaban J connectivity index is 1.71. The Kier molecular flexibility index (Phi) is 5.49. The van der Waals surface area contributed by atoms with Gasteiger partial charge in [0.1, 0.15) is 12.1 Å². The molecule has 0 radical (unpaired) electrons. The van der Waals surface area contributed by atoms with Crippen LogP contribution < -0.4 is 15.8 Å². The van der Waals surface area contributed by atoms with E-state index < -0.39 is 0 Å². The molecule has 140 valence electrons. The first-order chi connectivity index (χ1) is 13.0. The molecule has 27 heavy (non-hydrogen) atoms. The van der Waals surface area contributed by atoms with Crippen LogP contribution in [-0.4, -0.2) is 33.5 Å². The third-order valence-electron chi connectivity index (χ3n) is 4.37. The first-order valence-corrected chi connectivity index (χ1v) is 8.98. The van der Waals surface area contributed by atoms with Gasteiger partial charge >= 0.3 is 0 Å². The molecule has 0 atom stereocenters. The molecule has 3 aromatic rings. The molecule has 0 aliphatic heterocycles. The number of carbonyl (C=O) groups excluding carboxylic acids is 1. The summed E-state index contributed by atoms with van der Waals surface area (Å²) in [6, 6.07) is 15.0. The number of carbonyl (C=O) groups is 1. The number of nitrogens with one attached hydrogen (secondary N) is 1. The van der Waals surface area contributed by atoms with Gasteiger partial charge in [-0.2, -0.15) is 0 Å². The smallest absolute Gasteiger partial charge is 0.278 e. The van der Waals surface area contributed by atoms with Gasteiger partial charge in [0.2, 0.25) is 5.91 Å². The van der Waals surface area contributed by atoms with Crippen molar-refractivity contribution < 1.29 is 4.79 Å². The predicted octanol–water partition coefficient (Wildman–Crippen LogP) is 2.66. The minimum atomic E-state index is -0.332. The van der Waals surface area contributed by atoms with Crippen LogP contribution in [0.25, 0.3) is 10.9 Å². The van der Waals surface area contributed by atoms with E-state index in [-0.39, 0.29) is 18.0 Å². The molecule has 1 N–H and O–H groups in total. The highest BCUT2D eigenvalue weighted by Crippen LogP contribution is 2.19. The molecule has 0 fully saturated rings. The second kappa shape index (κ2) is 7.99. The van der Waals surface area contributed by atoms with Crippen LogP contribution in [0.15, 0.2) is 53.3 Å². The number of amides is 1. The van der Waals surface area contributed by atoms with Crippen LogP contribution in [-0.2, 0) is 11.3 Å². The van der Waals surface area contributed by atoms with Crippen molar-refractivity contribution in [3.63, 3.8) is 0 Å². The molecule has 0 saturated heterocycles. The molecule has 0 unspecified atom stereocenters. The fourth-order valence-electron chi connectivity index (χ4n) is 3.05. The van der Waals surface area contributed by atoms with Gasteiger partial charge in [0.05, 0.1) is 5.39 Å². The van der Waals surface area contributed by atoms with E-state index in [0.29, 0.717) is 22.6 Å². The van der Waals surface area contributed by atoms with E-state index >= 15 is 0 Å². The minimum Gasteiger partial charge on any atom is -0.369 e. The van der Waals surface area contributed by atoms with E-state index in [2.05, 4.69) is 41.3 Å². The summed E-state index contributed by atoms with van der Waals surface area (Å²) in [4.78, 5) is 27.0. The molecule has 7 nitrogen and oxygen atoms in total. The first kappa shape index (κ1) is 18.6. The topological polar surface area (TPSA) is 80.1 Å². The maximum Gasteiger partial charge on any atom is 0.278 e. The normalized spacial score (nSPS) is 11.0. The summed E-state index contributed by atoms with van der Waals surface area (Å²) in [5.41, 5.74) is 1.95. The summed E-state index contributed by atoms with van der Waals surface area (Å²) in [5, 5.41) is 11.1. The Morgan fingerprint density at radius 2 is 1.85 bits per heavy atom. The Morgan fingerprint density at radius 3 is 2.52 bits per heavy atom. The van der Waals surface area contributed by atoms with Crippen molar-refractivity contribution in [2.24, 2.45) is 0 Å². The Bertz CT molecular complexity index is 995. The van der Waals surface area contributed by atoms with Crippen molar-refractivity contribution in [3.8, 4) is 0 Å². The van der Waals surface area contributed by atoms with Gasteiger partial charge in [-0.25, -0.2) is 4.68 Å². The zero-order valence-corrected chi connectivity index (χ0v) is 15.7. The highest BCUT2D eigenvalue weighted by atomic mass is 16.2. The maximum absolute atomic E-state index is 12.4. The molecule has 0 bridgehead atoms. The zero-order valence-electron chi connectivity index (χ0n) is 15.7. The third kappa shape index (κ3) is 4.13. The van der Waals surface area contributed by atoms with E-state index in [1.165, 1.54) is 0 Å². The molecular formula is C20H23N5O2. The number of aromatic nitrogens is 3. The third-order valence-corrected chi connectivity index (χ3v) is 4.37. The summed E-state index contributed by atoms with van der Waals surface area (Å²) in [6.07, 6.45) is 0. The van der Waals surface area contributed by atoms with Gasteiger partial charge in [-0.3, -0.25) is 9.59 Å². The lowest BCUT2D eigenvalue weighted by atomic mass is 10.2. The maximum atomic E-state index is 12.4. The van der Waals surface area contributed by atoms with E-state index in [1.54, 1.807) is 24.3 Å². The van der Waals surface area contributed by atoms with Crippen LogP contribution >= 0.6 is 0 Å². The fraction of sp³-hybridized carbons (Fsp3) is 0.300. The molecule has 7 heteroatoms. The summed E-state index contributed by atoms with van der Waals surface area (Å²) >= 11 is 0. The Labute approximate surface area is 157 Å². The molecule has 3 rings (SSSR count). The van der Waals surface area contributed by atoms with Gasteiger partial charge in [0.25, 0.3) is 5.56 Å². The second-order valence-corrected chi connectivity index (χ2v) is 6.54. The van der Waals surface area contributed by atoms with Crippen LogP contribution in [0.1, 0.15) is 20.8 Å².